The van der Waals surface area contributed by atoms with Crippen LogP contribution in [0.1, 0.15) is 46.5 Å². The van der Waals surface area contributed by atoms with Gasteiger partial charge in [-0.2, -0.15) is 5.10 Å². The van der Waals surface area contributed by atoms with Crippen LogP contribution in [0.5, 0.6) is 0 Å². The van der Waals surface area contributed by atoms with E-state index in [-0.39, 0.29) is 0 Å². The molecule has 4 nitrogen and oxygen atoms in total. The second kappa shape index (κ2) is 7.67. The third-order valence-electron chi connectivity index (χ3n) is 4.66. The van der Waals surface area contributed by atoms with Crippen molar-refractivity contribution in [3.63, 3.8) is 0 Å². The average molecular weight is 278 g/mol. The summed E-state index contributed by atoms with van der Waals surface area (Å²) >= 11 is 0. The zero-order valence-corrected chi connectivity index (χ0v) is 13.3. The number of aromatic nitrogens is 2. The van der Waals surface area contributed by atoms with Crippen LogP contribution >= 0.6 is 0 Å². The molecule has 0 saturated heterocycles. The Bertz CT molecular complexity index is 384. The summed E-state index contributed by atoms with van der Waals surface area (Å²) in [5.41, 5.74) is 1.19. The highest BCUT2D eigenvalue weighted by Crippen LogP contribution is 2.29. The maximum Gasteiger partial charge on any atom is 0.0728 e. The predicted molar refractivity (Wildman–Crippen MR) is 85.1 cm³/mol. The molecule has 1 aromatic rings. The molecule has 1 aliphatic rings. The Morgan fingerprint density at radius 3 is 2.75 bits per heavy atom. The minimum absolute atomic E-state index is 0.653. The first-order chi connectivity index (χ1) is 9.75. The molecule has 1 aromatic heterocycles. The molecule has 114 valence electrons. The monoisotopic (exact) mass is 278 g/mol. The summed E-state index contributed by atoms with van der Waals surface area (Å²) < 4.78 is 2.06. The van der Waals surface area contributed by atoms with Crippen LogP contribution in [0.15, 0.2) is 12.4 Å². The van der Waals surface area contributed by atoms with Gasteiger partial charge in [0.15, 0.2) is 0 Å². The topological polar surface area (TPSA) is 33.1 Å². The highest BCUT2D eigenvalue weighted by atomic mass is 15.3. The molecule has 0 spiro atoms. The summed E-state index contributed by atoms with van der Waals surface area (Å²) in [6, 6.07) is 0.653. The van der Waals surface area contributed by atoms with Crippen molar-refractivity contribution >= 4 is 5.69 Å². The lowest BCUT2D eigenvalue weighted by molar-refractivity contribution is 0.285. The summed E-state index contributed by atoms with van der Waals surface area (Å²) in [7, 11) is 0. The number of anilines is 1. The van der Waals surface area contributed by atoms with Crippen LogP contribution in [0.25, 0.3) is 0 Å². The fourth-order valence-corrected chi connectivity index (χ4v) is 3.16. The van der Waals surface area contributed by atoms with Gasteiger partial charge in [0.25, 0.3) is 0 Å². The average Bonchev–Trinajstić information content (AvgIpc) is 3.10. The Morgan fingerprint density at radius 1 is 1.30 bits per heavy atom. The molecular weight excluding hydrogens is 248 g/mol. The van der Waals surface area contributed by atoms with Crippen LogP contribution in [0.4, 0.5) is 5.69 Å². The fraction of sp³-hybridized carbons (Fsp3) is 0.812. The Labute approximate surface area is 123 Å². The fourth-order valence-electron chi connectivity index (χ4n) is 3.16. The lowest BCUT2D eigenvalue weighted by Crippen LogP contribution is -2.27. The van der Waals surface area contributed by atoms with Crippen molar-refractivity contribution in [1.29, 1.82) is 0 Å². The molecule has 1 saturated carbocycles. The number of likely N-dealkylation sites (N-methyl/N-ethyl adjacent to an activating group) is 1. The lowest BCUT2D eigenvalue weighted by atomic mass is 10.1. The second-order valence-electron chi connectivity index (χ2n) is 5.95. The van der Waals surface area contributed by atoms with E-state index in [2.05, 4.69) is 47.0 Å². The predicted octanol–water partition coefficient (Wildman–Crippen LogP) is 3.22. The van der Waals surface area contributed by atoms with Crippen LogP contribution < -0.4 is 5.32 Å². The van der Waals surface area contributed by atoms with E-state index in [0.717, 1.165) is 32.1 Å². The largest absolute Gasteiger partial charge is 0.380 e. The zero-order chi connectivity index (χ0) is 14.4. The number of nitrogens with one attached hydrogen (secondary N) is 1. The van der Waals surface area contributed by atoms with Crippen LogP contribution in [0, 0.1) is 5.92 Å². The number of hydrogen-bond acceptors (Lipinski definition) is 3. The van der Waals surface area contributed by atoms with E-state index >= 15 is 0 Å². The third-order valence-corrected chi connectivity index (χ3v) is 4.66. The smallest absolute Gasteiger partial charge is 0.0728 e. The lowest BCUT2D eigenvalue weighted by Gasteiger charge is -2.17. The van der Waals surface area contributed by atoms with Crippen molar-refractivity contribution < 1.29 is 0 Å². The molecule has 0 radical (unpaired) electrons. The molecule has 0 aliphatic heterocycles. The Kier molecular flexibility index (Phi) is 5.89. The molecule has 1 aliphatic carbocycles. The zero-order valence-electron chi connectivity index (χ0n) is 13.3. The van der Waals surface area contributed by atoms with Gasteiger partial charge in [-0.1, -0.05) is 27.2 Å². The van der Waals surface area contributed by atoms with Gasteiger partial charge in [0.1, 0.15) is 0 Å². The van der Waals surface area contributed by atoms with Gasteiger partial charge in [-0.15, -0.1) is 0 Å². The van der Waals surface area contributed by atoms with Gasteiger partial charge in [-0.05, 0) is 38.3 Å². The van der Waals surface area contributed by atoms with Crippen LogP contribution in [-0.2, 0) is 6.54 Å². The minimum Gasteiger partial charge on any atom is -0.380 e. The molecule has 1 N–H and O–H groups in total. The van der Waals surface area contributed by atoms with Crippen molar-refractivity contribution in [2.24, 2.45) is 5.92 Å². The van der Waals surface area contributed by atoms with Crippen molar-refractivity contribution in [3.8, 4) is 0 Å². The summed E-state index contributed by atoms with van der Waals surface area (Å²) in [5.74, 6) is 0.921. The quantitative estimate of drug-likeness (QED) is 0.792. The molecule has 2 unspecified atom stereocenters. The molecule has 0 amide bonds. The Balaban J connectivity index is 1.77. The van der Waals surface area contributed by atoms with Gasteiger partial charge in [0, 0.05) is 18.8 Å². The number of hydrogen-bond donors (Lipinski definition) is 1. The highest BCUT2D eigenvalue weighted by molar-refractivity contribution is 5.39. The molecule has 20 heavy (non-hydrogen) atoms. The summed E-state index contributed by atoms with van der Waals surface area (Å²) in [4.78, 5) is 2.43. The van der Waals surface area contributed by atoms with Gasteiger partial charge in [0.05, 0.1) is 18.4 Å². The summed E-state index contributed by atoms with van der Waals surface area (Å²) in [6.07, 6.45) is 9.46. The van der Waals surface area contributed by atoms with Crippen LogP contribution in [0.3, 0.4) is 0 Å². The van der Waals surface area contributed by atoms with Crippen molar-refractivity contribution in [3.05, 3.63) is 12.4 Å². The molecule has 4 heteroatoms. The van der Waals surface area contributed by atoms with Gasteiger partial charge >= 0.3 is 0 Å². The van der Waals surface area contributed by atoms with E-state index < -0.39 is 0 Å². The third kappa shape index (κ3) is 4.23. The maximum absolute atomic E-state index is 4.47. The maximum atomic E-state index is 4.47. The number of rotatable bonds is 8. The van der Waals surface area contributed by atoms with E-state index in [0.29, 0.717) is 6.04 Å². The van der Waals surface area contributed by atoms with Gasteiger partial charge in [0.2, 0.25) is 0 Å². The number of nitrogens with zero attached hydrogens (tertiary/aromatic N) is 3. The molecule has 0 bridgehead atoms. The Hall–Kier alpha value is -1.03. The first-order valence-corrected chi connectivity index (χ1v) is 8.26. The normalized spacial score (nSPS) is 22.6. The SMILES string of the molecule is CCC1CCC(Nc2cnn(CCN(CC)CC)c2)C1. The molecule has 1 fully saturated rings. The van der Waals surface area contributed by atoms with E-state index in [1.807, 2.05) is 6.20 Å². The molecule has 2 atom stereocenters. The van der Waals surface area contributed by atoms with Gasteiger partial charge < -0.3 is 10.2 Å². The van der Waals surface area contributed by atoms with E-state index in [1.165, 1.54) is 31.4 Å². The van der Waals surface area contributed by atoms with Gasteiger partial charge in [-0.25, -0.2) is 0 Å². The van der Waals surface area contributed by atoms with Crippen molar-refractivity contribution in [1.82, 2.24) is 14.7 Å². The first-order valence-electron chi connectivity index (χ1n) is 8.26. The van der Waals surface area contributed by atoms with E-state index in [9.17, 15) is 0 Å². The van der Waals surface area contributed by atoms with Crippen LogP contribution in [-0.4, -0.2) is 40.4 Å². The van der Waals surface area contributed by atoms with E-state index in [4.69, 9.17) is 0 Å². The summed E-state index contributed by atoms with van der Waals surface area (Å²) in [6.45, 7) is 11.0. The van der Waals surface area contributed by atoms with Crippen LogP contribution in [0.2, 0.25) is 0 Å². The van der Waals surface area contributed by atoms with Gasteiger partial charge in [-0.3, -0.25) is 4.68 Å². The molecular formula is C16H30N4. The summed E-state index contributed by atoms with van der Waals surface area (Å²) in [5, 5.41) is 8.11. The van der Waals surface area contributed by atoms with E-state index in [1.54, 1.807) is 0 Å². The molecule has 1 heterocycles. The minimum atomic E-state index is 0.653. The highest BCUT2D eigenvalue weighted by Gasteiger charge is 2.23. The van der Waals surface area contributed by atoms with Crippen molar-refractivity contribution in [2.75, 3.05) is 25.0 Å². The Morgan fingerprint density at radius 2 is 2.10 bits per heavy atom. The van der Waals surface area contributed by atoms with Crippen molar-refractivity contribution in [2.45, 2.75) is 59.0 Å². The molecule has 2 rings (SSSR count). The molecule has 0 aromatic carbocycles. The second-order valence-corrected chi connectivity index (χ2v) is 5.95. The first kappa shape index (κ1) is 15.4. The standard InChI is InChI=1S/C16H30N4/c1-4-14-7-8-15(11-14)18-16-12-17-20(13-16)10-9-19(5-2)6-3/h12-15,18H,4-11H2,1-3H3.